The van der Waals surface area contributed by atoms with Crippen molar-refractivity contribution in [2.24, 2.45) is 0 Å². The highest BCUT2D eigenvalue weighted by atomic mass is 28.4. The van der Waals surface area contributed by atoms with Crippen LogP contribution in [0.1, 0.15) is 32.6 Å². The summed E-state index contributed by atoms with van der Waals surface area (Å²) in [6, 6.07) is 5.61. The second-order valence-electron chi connectivity index (χ2n) is 6.13. The molecule has 2 rings (SSSR count). The summed E-state index contributed by atoms with van der Waals surface area (Å²) in [6.45, 7) is 6.35. The Morgan fingerprint density at radius 3 is 2.35 bits per heavy atom. The number of nitrogens with zero attached hydrogens (tertiary/aromatic N) is 2. The van der Waals surface area contributed by atoms with Crippen molar-refractivity contribution in [3.63, 3.8) is 0 Å². The lowest BCUT2D eigenvalue weighted by Gasteiger charge is -2.48. The van der Waals surface area contributed by atoms with Gasteiger partial charge < -0.3 is 13.7 Å². The number of β-lactam (4-membered cyclic amide) rings is 1. The largest absolute Gasteiger partial charge is 0.467 e. The minimum Gasteiger partial charge on any atom is -0.467 e. The smallest absolute Gasteiger partial charge is 0.327 e. The molecule has 1 saturated heterocycles. The highest BCUT2D eigenvalue weighted by molar-refractivity contribution is 6.73. The molecular formula is C16H26N2O4Si. The van der Waals surface area contributed by atoms with Crippen LogP contribution >= 0.6 is 0 Å². The Balaban J connectivity index is 2.29. The predicted octanol–water partition coefficient (Wildman–Crippen LogP) is 3.23. The molecule has 2 atom stereocenters. The van der Waals surface area contributed by atoms with Crippen molar-refractivity contribution in [3.05, 3.63) is 24.2 Å². The number of amides is 3. The fourth-order valence-electron chi connectivity index (χ4n) is 3.01. The van der Waals surface area contributed by atoms with E-state index in [1.165, 1.54) is 9.80 Å². The lowest BCUT2D eigenvalue weighted by atomic mass is 9.96. The summed E-state index contributed by atoms with van der Waals surface area (Å²) < 4.78 is 11.8. The molecule has 6 nitrogen and oxygen atoms in total. The molecule has 0 bridgehead atoms. The maximum absolute atomic E-state index is 12.6. The van der Waals surface area contributed by atoms with Crippen LogP contribution in [0.2, 0.25) is 18.1 Å². The van der Waals surface area contributed by atoms with Crippen LogP contribution < -0.4 is 0 Å². The molecule has 1 aromatic rings. The molecule has 0 aromatic carbocycles. The van der Waals surface area contributed by atoms with Gasteiger partial charge in [-0.2, -0.15) is 0 Å². The first-order valence-electron chi connectivity index (χ1n) is 8.16. The SMILES string of the molecule is CC[Si](CC)(CC)OC1C(=O)N(C(=O)N(C)C)C1c1ccco1. The van der Waals surface area contributed by atoms with Crippen LogP contribution in [0, 0.1) is 0 Å². The van der Waals surface area contributed by atoms with Gasteiger partial charge in [-0.05, 0) is 30.3 Å². The summed E-state index contributed by atoms with van der Waals surface area (Å²) in [7, 11) is 1.31. The summed E-state index contributed by atoms with van der Waals surface area (Å²) in [5, 5.41) is 0. The third-order valence-electron chi connectivity index (χ3n) is 4.78. The fraction of sp³-hybridized carbons (Fsp3) is 0.625. The topological polar surface area (TPSA) is 63.0 Å². The van der Waals surface area contributed by atoms with Crippen molar-refractivity contribution >= 4 is 20.3 Å². The molecule has 1 aliphatic heterocycles. The zero-order valence-electron chi connectivity index (χ0n) is 14.5. The second kappa shape index (κ2) is 6.88. The van der Waals surface area contributed by atoms with Crippen molar-refractivity contribution in [1.82, 2.24) is 9.80 Å². The molecule has 0 spiro atoms. The van der Waals surface area contributed by atoms with E-state index in [2.05, 4.69) is 20.8 Å². The van der Waals surface area contributed by atoms with E-state index in [1.54, 1.807) is 32.5 Å². The van der Waals surface area contributed by atoms with Gasteiger partial charge in [0.1, 0.15) is 11.8 Å². The van der Waals surface area contributed by atoms with Gasteiger partial charge in [-0.1, -0.05) is 20.8 Å². The fourth-order valence-corrected chi connectivity index (χ4v) is 5.78. The Labute approximate surface area is 138 Å². The van der Waals surface area contributed by atoms with Crippen LogP contribution in [0.25, 0.3) is 0 Å². The molecule has 7 heteroatoms. The van der Waals surface area contributed by atoms with E-state index >= 15 is 0 Å². The monoisotopic (exact) mass is 338 g/mol. The minimum absolute atomic E-state index is 0.266. The molecule has 0 saturated carbocycles. The zero-order chi connectivity index (χ0) is 17.2. The lowest BCUT2D eigenvalue weighted by Crippen LogP contribution is -2.66. The molecule has 128 valence electrons. The Morgan fingerprint density at radius 1 is 1.30 bits per heavy atom. The van der Waals surface area contributed by atoms with Crippen LogP contribution in [-0.4, -0.2) is 50.3 Å². The van der Waals surface area contributed by atoms with E-state index in [-0.39, 0.29) is 11.9 Å². The lowest BCUT2D eigenvalue weighted by molar-refractivity contribution is -0.160. The molecule has 1 aliphatic rings. The number of likely N-dealkylation sites (tertiary alicyclic amines) is 1. The van der Waals surface area contributed by atoms with Gasteiger partial charge in [-0.15, -0.1) is 0 Å². The first-order chi connectivity index (χ1) is 10.9. The van der Waals surface area contributed by atoms with Crippen LogP contribution in [0.5, 0.6) is 0 Å². The van der Waals surface area contributed by atoms with E-state index in [0.717, 1.165) is 18.1 Å². The van der Waals surface area contributed by atoms with E-state index < -0.39 is 20.5 Å². The standard InChI is InChI=1S/C16H26N2O4Si/c1-6-23(7-2,8-3)22-14-13(12-10-9-11-21-12)18(15(14)19)16(20)17(4)5/h9-11,13-14H,6-8H2,1-5H3. The predicted molar refractivity (Wildman–Crippen MR) is 89.4 cm³/mol. The second-order valence-corrected chi connectivity index (χ2v) is 10.9. The van der Waals surface area contributed by atoms with Crippen molar-refractivity contribution in [3.8, 4) is 0 Å². The van der Waals surface area contributed by atoms with Crippen LogP contribution in [-0.2, 0) is 9.22 Å². The van der Waals surface area contributed by atoms with E-state index in [1.807, 2.05) is 0 Å². The number of furan rings is 1. The summed E-state index contributed by atoms with van der Waals surface area (Å²) in [6.07, 6.45) is 0.939. The average molecular weight is 338 g/mol. The Bertz CT molecular complexity index is 546. The van der Waals surface area contributed by atoms with Gasteiger partial charge in [-0.3, -0.25) is 4.79 Å². The maximum Gasteiger partial charge on any atom is 0.327 e. The van der Waals surface area contributed by atoms with Gasteiger partial charge in [0.25, 0.3) is 5.91 Å². The van der Waals surface area contributed by atoms with E-state index in [9.17, 15) is 9.59 Å². The number of rotatable bonds is 6. The van der Waals surface area contributed by atoms with E-state index in [4.69, 9.17) is 8.84 Å². The molecule has 2 heterocycles. The van der Waals surface area contributed by atoms with Gasteiger partial charge in [0.2, 0.25) is 0 Å². The highest BCUT2D eigenvalue weighted by Gasteiger charge is 2.56. The van der Waals surface area contributed by atoms with Crippen molar-refractivity contribution < 1.29 is 18.4 Å². The number of hydrogen-bond donors (Lipinski definition) is 0. The van der Waals surface area contributed by atoms with Crippen LogP contribution in [0.3, 0.4) is 0 Å². The van der Waals surface area contributed by atoms with Gasteiger partial charge in [0.15, 0.2) is 14.4 Å². The van der Waals surface area contributed by atoms with Gasteiger partial charge in [0.05, 0.1) is 6.26 Å². The van der Waals surface area contributed by atoms with Crippen molar-refractivity contribution in [2.45, 2.75) is 51.0 Å². The summed E-state index contributed by atoms with van der Waals surface area (Å²) in [5.74, 6) is 0.327. The Kier molecular flexibility index (Phi) is 5.31. The average Bonchev–Trinajstić information content (AvgIpc) is 3.07. The molecule has 0 radical (unpaired) electrons. The molecule has 2 unspecified atom stereocenters. The van der Waals surface area contributed by atoms with Gasteiger partial charge >= 0.3 is 6.03 Å². The van der Waals surface area contributed by atoms with Gasteiger partial charge in [-0.25, -0.2) is 9.69 Å². The number of urea groups is 1. The number of carbonyl (C=O) groups excluding carboxylic acids is 2. The third kappa shape index (κ3) is 3.07. The molecule has 0 aliphatic carbocycles. The summed E-state index contributed by atoms with van der Waals surface area (Å²) in [5.41, 5.74) is 0. The van der Waals surface area contributed by atoms with E-state index in [0.29, 0.717) is 5.76 Å². The Hall–Kier alpha value is -1.60. The summed E-state index contributed by atoms with van der Waals surface area (Å²) >= 11 is 0. The quantitative estimate of drug-likeness (QED) is 0.590. The van der Waals surface area contributed by atoms with Crippen LogP contribution in [0.4, 0.5) is 4.79 Å². The molecule has 3 amide bonds. The first-order valence-corrected chi connectivity index (χ1v) is 10.7. The number of carbonyl (C=O) groups is 2. The minimum atomic E-state index is -1.95. The molecule has 23 heavy (non-hydrogen) atoms. The van der Waals surface area contributed by atoms with Crippen molar-refractivity contribution in [2.75, 3.05) is 14.1 Å². The normalized spacial score (nSPS) is 21.3. The summed E-state index contributed by atoms with van der Waals surface area (Å²) in [4.78, 5) is 27.5. The number of imide groups is 1. The first kappa shape index (κ1) is 17.7. The third-order valence-corrected chi connectivity index (χ3v) is 9.40. The molecule has 1 aromatic heterocycles. The number of hydrogen-bond acceptors (Lipinski definition) is 4. The van der Waals surface area contributed by atoms with Gasteiger partial charge in [0, 0.05) is 14.1 Å². The molecular weight excluding hydrogens is 312 g/mol. The highest BCUT2D eigenvalue weighted by Crippen LogP contribution is 2.41. The maximum atomic E-state index is 12.6. The van der Waals surface area contributed by atoms with Crippen LogP contribution in [0.15, 0.2) is 22.8 Å². The Morgan fingerprint density at radius 2 is 1.91 bits per heavy atom. The van der Waals surface area contributed by atoms with Crippen molar-refractivity contribution in [1.29, 1.82) is 0 Å². The molecule has 1 fully saturated rings. The zero-order valence-corrected chi connectivity index (χ0v) is 15.5. The molecule has 0 N–H and O–H groups in total.